The number of carbonyl (C=O) groups is 3. The minimum atomic E-state index is -0.425. The molecule has 1 heterocycles. The summed E-state index contributed by atoms with van der Waals surface area (Å²) >= 11 is 16.7. The number of rotatable bonds is 10. The van der Waals surface area contributed by atoms with E-state index in [-0.39, 0.29) is 35.4 Å². The lowest BCUT2D eigenvalue weighted by atomic mass is 10.2. The van der Waals surface area contributed by atoms with Gasteiger partial charge in [-0.15, -0.1) is 10.2 Å². The molecule has 9 nitrogen and oxygen atoms in total. The Morgan fingerprint density at radius 1 is 1.00 bits per heavy atom. The average molecular weight is 663 g/mol. The van der Waals surface area contributed by atoms with Crippen molar-refractivity contribution in [1.82, 2.24) is 20.1 Å². The Labute approximate surface area is 252 Å². The van der Waals surface area contributed by atoms with Crippen LogP contribution in [0.1, 0.15) is 33.5 Å². The van der Waals surface area contributed by atoms with Gasteiger partial charge in [0.15, 0.2) is 11.0 Å². The molecule has 0 aliphatic carbocycles. The van der Waals surface area contributed by atoms with Gasteiger partial charge in [-0.3, -0.25) is 14.2 Å². The SMILES string of the molecule is CCOC(=O)c1ccc(NC(=O)CSc2nnc(CNC(=O)c3ccc(Cl)cc3Cl)n2-c2ccc(Br)cc2)cc1. The Hall–Kier alpha value is -3.38. The number of nitrogens with one attached hydrogen (secondary N) is 2. The number of nitrogens with zero attached hydrogens (tertiary/aromatic N) is 3. The van der Waals surface area contributed by atoms with Gasteiger partial charge in [-0.1, -0.05) is 50.9 Å². The smallest absolute Gasteiger partial charge is 0.338 e. The van der Waals surface area contributed by atoms with Gasteiger partial charge in [0, 0.05) is 20.9 Å². The van der Waals surface area contributed by atoms with E-state index in [1.807, 2.05) is 24.3 Å². The first-order valence-corrected chi connectivity index (χ1v) is 14.4. The summed E-state index contributed by atoms with van der Waals surface area (Å²) in [7, 11) is 0. The van der Waals surface area contributed by atoms with Crippen LogP contribution in [0.4, 0.5) is 5.69 Å². The number of aromatic nitrogens is 3. The number of thioether (sulfide) groups is 1. The van der Waals surface area contributed by atoms with Crippen LogP contribution in [-0.4, -0.2) is 44.9 Å². The first kappa shape index (κ1) is 29.6. The first-order chi connectivity index (χ1) is 19.2. The molecule has 0 unspecified atom stereocenters. The van der Waals surface area contributed by atoms with Crippen LogP contribution in [-0.2, 0) is 16.1 Å². The number of anilines is 1. The molecule has 1 aromatic heterocycles. The first-order valence-electron chi connectivity index (χ1n) is 11.9. The number of amides is 2. The number of carbonyl (C=O) groups excluding carboxylic acids is 3. The van der Waals surface area contributed by atoms with Crippen molar-refractivity contribution in [2.45, 2.75) is 18.6 Å². The van der Waals surface area contributed by atoms with Crippen LogP contribution in [0.2, 0.25) is 10.0 Å². The van der Waals surface area contributed by atoms with Crippen LogP contribution in [0, 0.1) is 0 Å². The monoisotopic (exact) mass is 661 g/mol. The molecule has 0 fully saturated rings. The van der Waals surface area contributed by atoms with Crippen molar-refractivity contribution in [3.63, 3.8) is 0 Å². The Morgan fingerprint density at radius 2 is 1.73 bits per heavy atom. The summed E-state index contributed by atoms with van der Waals surface area (Å²) in [6, 6.07) is 18.5. The largest absolute Gasteiger partial charge is 0.462 e. The molecule has 3 aromatic carbocycles. The molecule has 2 amide bonds. The van der Waals surface area contributed by atoms with Crippen LogP contribution < -0.4 is 10.6 Å². The lowest BCUT2D eigenvalue weighted by Crippen LogP contribution is -2.25. The molecule has 13 heteroatoms. The second kappa shape index (κ2) is 13.8. The molecule has 206 valence electrons. The van der Waals surface area contributed by atoms with Gasteiger partial charge in [0.05, 0.1) is 35.1 Å². The summed E-state index contributed by atoms with van der Waals surface area (Å²) in [6.45, 7) is 2.07. The van der Waals surface area contributed by atoms with Crippen LogP contribution >= 0.6 is 50.9 Å². The zero-order valence-electron chi connectivity index (χ0n) is 21.0. The van der Waals surface area contributed by atoms with Crippen molar-refractivity contribution < 1.29 is 19.1 Å². The van der Waals surface area contributed by atoms with E-state index < -0.39 is 11.9 Å². The predicted octanol–water partition coefficient (Wildman–Crippen LogP) is 6.17. The van der Waals surface area contributed by atoms with Crippen LogP contribution in [0.3, 0.4) is 0 Å². The van der Waals surface area contributed by atoms with E-state index in [1.165, 1.54) is 17.8 Å². The molecular weight excluding hydrogens is 641 g/mol. The summed E-state index contributed by atoms with van der Waals surface area (Å²) in [6.07, 6.45) is 0. The molecule has 2 N–H and O–H groups in total. The second-order valence-electron chi connectivity index (χ2n) is 8.15. The highest BCUT2D eigenvalue weighted by molar-refractivity contribution is 9.10. The third-order valence-electron chi connectivity index (χ3n) is 5.38. The predicted molar refractivity (Wildman–Crippen MR) is 158 cm³/mol. The Balaban J connectivity index is 1.46. The zero-order valence-corrected chi connectivity index (χ0v) is 24.9. The molecule has 40 heavy (non-hydrogen) atoms. The van der Waals surface area contributed by atoms with E-state index in [1.54, 1.807) is 47.9 Å². The minimum Gasteiger partial charge on any atom is -0.462 e. The molecule has 0 bridgehead atoms. The van der Waals surface area contributed by atoms with Crippen LogP contribution in [0.5, 0.6) is 0 Å². The molecule has 0 aliphatic heterocycles. The quantitative estimate of drug-likeness (QED) is 0.154. The van der Waals surface area contributed by atoms with Gasteiger partial charge < -0.3 is 15.4 Å². The summed E-state index contributed by atoms with van der Waals surface area (Å²) < 4.78 is 7.63. The maximum Gasteiger partial charge on any atom is 0.338 e. The maximum atomic E-state index is 12.7. The molecule has 0 aliphatic rings. The number of benzene rings is 3. The van der Waals surface area contributed by atoms with E-state index in [0.717, 1.165) is 10.2 Å². The van der Waals surface area contributed by atoms with E-state index in [4.69, 9.17) is 27.9 Å². The van der Waals surface area contributed by atoms with Gasteiger partial charge in [-0.25, -0.2) is 4.79 Å². The minimum absolute atomic E-state index is 0.0427. The molecule has 4 aromatic rings. The normalized spacial score (nSPS) is 10.7. The third-order valence-corrected chi connectivity index (χ3v) is 7.39. The van der Waals surface area contributed by atoms with Crippen molar-refractivity contribution in [1.29, 1.82) is 0 Å². The van der Waals surface area contributed by atoms with Gasteiger partial charge in [0.25, 0.3) is 5.91 Å². The zero-order chi connectivity index (χ0) is 28.6. The molecule has 0 atom stereocenters. The average Bonchev–Trinajstić information content (AvgIpc) is 3.34. The molecule has 4 rings (SSSR count). The lowest BCUT2D eigenvalue weighted by molar-refractivity contribution is -0.113. The Bertz CT molecular complexity index is 1530. The van der Waals surface area contributed by atoms with Crippen molar-refractivity contribution in [3.05, 3.63) is 98.2 Å². The van der Waals surface area contributed by atoms with Gasteiger partial charge >= 0.3 is 5.97 Å². The second-order valence-corrected chi connectivity index (χ2v) is 10.9. The van der Waals surface area contributed by atoms with Gasteiger partial charge in [0.2, 0.25) is 5.91 Å². The van der Waals surface area contributed by atoms with Crippen LogP contribution in [0.25, 0.3) is 5.69 Å². The maximum absolute atomic E-state index is 12.7. The highest BCUT2D eigenvalue weighted by Crippen LogP contribution is 2.25. The molecule has 0 saturated carbocycles. The fraction of sp³-hybridized carbons (Fsp3) is 0.148. The fourth-order valence-corrected chi connectivity index (χ4v) is 5.05. The van der Waals surface area contributed by atoms with Crippen molar-refractivity contribution in [3.8, 4) is 5.69 Å². The molecule has 0 spiro atoms. The number of hydrogen-bond donors (Lipinski definition) is 2. The van der Waals surface area contributed by atoms with Crippen molar-refractivity contribution in [2.75, 3.05) is 17.7 Å². The third kappa shape index (κ3) is 7.63. The summed E-state index contributed by atoms with van der Waals surface area (Å²) in [5.41, 5.74) is 1.97. The highest BCUT2D eigenvalue weighted by Gasteiger charge is 2.18. The summed E-state index contributed by atoms with van der Waals surface area (Å²) in [5.74, 6) is -0.591. The van der Waals surface area contributed by atoms with Crippen molar-refractivity contribution >= 4 is 74.4 Å². The highest BCUT2D eigenvalue weighted by atomic mass is 79.9. The molecule has 0 saturated heterocycles. The molecular formula is C27H22BrCl2N5O4S. The van der Waals surface area contributed by atoms with Crippen molar-refractivity contribution in [2.24, 2.45) is 0 Å². The number of ether oxygens (including phenoxy) is 1. The van der Waals surface area contributed by atoms with Gasteiger partial charge in [0.1, 0.15) is 0 Å². The summed E-state index contributed by atoms with van der Waals surface area (Å²) in [5, 5.41) is 15.2. The Kier molecular flexibility index (Phi) is 10.2. The topological polar surface area (TPSA) is 115 Å². The van der Waals surface area contributed by atoms with Crippen LogP contribution in [0.15, 0.2) is 76.4 Å². The van der Waals surface area contributed by atoms with E-state index in [2.05, 4.69) is 36.8 Å². The number of esters is 1. The number of halogens is 3. The fourth-order valence-electron chi connectivity index (χ4n) is 3.52. The summed E-state index contributed by atoms with van der Waals surface area (Å²) in [4.78, 5) is 37.2. The van der Waals surface area contributed by atoms with E-state index >= 15 is 0 Å². The number of hydrogen-bond acceptors (Lipinski definition) is 7. The van der Waals surface area contributed by atoms with Gasteiger partial charge in [-0.05, 0) is 73.7 Å². The van der Waals surface area contributed by atoms with Gasteiger partial charge in [-0.2, -0.15) is 0 Å². The van der Waals surface area contributed by atoms with E-state index in [9.17, 15) is 14.4 Å². The molecule has 0 radical (unpaired) electrons. The van der Waals surface area contributed by atoms with E-state index in [0.29, 0.717) is 27.3 Å². The lowest BCUT2D eigenvalue weighted by Gasteiger charge is -2.12. The standard InChI is InChI=1S/C27H22BrCl2N5O4S/c1-2-39-26(38)16-3-8-19(9-4-16)32-24(36)15-40-27-34-33-23(35(27)20-10-5-17(28)6-11-20)14-31-25(37)21-12-7-18(29)13-22(21)30/h3-13H,2,14-15H2,1H3,(H,31,37)(H,32,36). The Morgan fingerprint density at radius 3 is 2.40 bits per heavy atom.